The van der Waals surface area contributed by atoms with Crippen molar-refractivity contribution in [2.75, 3.05) is 5.48 Å². The fraction of sp³-hybridized carbons (Fsp3) is 0.353. The summed E-state index contributed by atoms with van der Waals surface area (Å²) in [4.78, 5) is 9.55. The summed E-state index contributed by atoms with van der Waals surface area (Å²) in [5.74, 6) is 0.105. The lowest BCUT2D eigenvalue weighted by Crippen LogP contribution is -2.41. The van der Waals surface area contributed by atoms with E-state index in [1.54, 1.807) is 12.3 Å². The molecule has 0 aliphatic carbocycles. The lowest BCUT2D eigenvalue weighted by atomic mass is 9.80. The van der Waals surface area contributed by atoms with Gasteiger partial charge >= 0.3 is 7.12 Å². The van der Waals surface area contributed by atoms with Crippen LogP contribution in [0, 0.1) is 5.82 Å². The number of nitrogens with one attached hydrogen (secondary N) is 1. The maximum absolute atomic E-state index is 12.9. The third-order valence-electron chi connectivity index (χ3n) is 4.48. The Hall–Kier alpha value is -1.83. The van der Waals surface area contributed by atoms with Crippen molar-refractivity contribution in [2.24, 2.45) is 0 Å². The summed E-state index contributed by atoms with van der Waals surface area (Å²) in [6.07, 6.45) is 1.60. The summed E-state index contributed by atoms with van der Waals surface area (Å²) in [5, 5.41) is 0.238. The highest BCUT2D eigenvalue weighted by atomic mass is 35.5. The second kappa shape index (κ2) is 6.48. The fourth-order valence-corrected chi connectivity index (χ4v) is 2.40. The maximum atomic E-state index is 12.9. The van der Waals surface area contributed by atoms with Crippen LogP contribution in [0.15, 0.2) is 36.5 Å². The lowest BCUT2D eigenvalue weighted by Gasteiger charge is -2.32. The van der Waals surface area contributed by atoms with E-state index in [1.165, 1.54) is 24.3 Å². The van der Waals surface area contributed by atoms with Crippen LogP contribution >= 0.6 is 11.6 Å². The first-order valence-electron chi connectivity index (χ1n) is 7.87. The van der Waals surface area contributed by atoms with Gasteiger partial charge in [0.1, 0.15) is 11.5 Å². The van der Waals surface area contributed by atoms with Crippen LogP contribution in [0.1, 0.15) is 27.7 Å². The first kappa shape index (κ1) is 18.0. The number of pyridine rings is 1. The highest BCUT2D eigenvalue weighted by molar-refractivity contribution is 6.62. The Bertz CT molecular complexity index is 755. The van der Waals surface area contributed by atoms with Gasteiger partial charge in [0.2, 0.25) is 0 Å². The first-order valence-corrected chi connectivity index (χ1v) is 8.25. The number of hydrogen-bond donors (Lipinski definition) is 1. The van der Waals surface area contributed by atoms with E-state index < -0.39 is 18.3 Å². The second-order valence-corrected chi connectivity index (χ2v) is 7.21. The molecule has 1 aliphatic heterocycles. The summed E-state index contributed by atoms with van der Waals surface area (Å²) < 4.78 is 24.9. The first-order chi connectivity index (χ1) is 11.7. The van der Waals surface area contributed by atoms with E-state index in [4.69, 9.17) is 25.7 Å². The van der Waals surface area contributed by atoms with Crippen molar-refractivity contribution < 1.29 is 18.5 Å². The Balaban J connectivity index is 1.76. The van der Waals surface area contributed by atoms with Crippen LogP contribution in [-0.2, 0) is 9.31 Å². The molecule has 2 heterocycles. The largest absolute Gasteiger partial charge is 0.496 e. The summed E-state index contributed by atoms with van der Waals surface area (Å²) in [5.41, 5.74) is 3.00. The topological polar surface area (TPSA) is 52.6 Å². The van der Waals surface area contributed by atoms with Gasteiger partial charge in [0.25, 0.3) is 0 Å². The van der Waals surface area contributed by atoms with Gasteiger partial charge < -0.3 is 14.1 Å². The van der Waals surface area contributed by atoms with Crippen LogP contribution in [-0.4, -0.2) is 23.3 Å². The molecule has 25 heavy (non-hydrogen) atoms. The Morgan fingerprint density at radius 2 is 1.72 bits per heavy atom. The van der Waals surface area contributed by atoms with Crippen LogP contribution in [0.25, 0.3) is 0 Å². The van der Waals surface area contributed by atoms with Crippen LogP contribution in [0.2, 0.25) is 5.15 Å². The number of aromatic nitrogens is 1. The zero-order valence-electron chi connectivity index (χ0n) is 14.5. The quantitative estimate of drug-likeness (QED) is 0.510. The summed E-state index contributed by atoms with van der Waals surface area (Å²) in [6.45, 7) is 7.92. The monoisotopic (exact) mass is 364 g/mol. The van der Waals surface area contributed by atoms with E-state index >= 15 is 0 Å². The molecule has 1 aromatic heterocycles. The van der Waals surface area contributed by atoms with Crippen LogP contribution in [0.3, 0.4) is 0 Å². The number of benzene rings is 1. The Kier molecular flexibility index (Phi) is 4.66. The molecule has 0 amide bonds. The van der Waals surface area contributed by atoms with E-state index in [0.717, 1.165) is 0 Å². The zero-order valence-corrected chi connectivity index (χ0v) is 15.2. The average Bonchev–Trinajstić information content (AvgIpc) is 2.76. The third kappa shape index (κ3) is 3.73. The molecule has 1 saturated heterocycles. The smallest absolute Gasteiger partial charge is 0.399 e. The van der Waals surface area contributed by atoms with Crippen LogP contribution < -0.4 is 15.8 Å². The van der Waals surface area contributed by atoms with Crippen molar-refractivity contribution >= 4 is 29.9 Å². The average molecular weight is 365 g/mol. The van der Waals surface area contributed by atoms with E-state index in [9.17, 15) is 4.39 Å². The van der Waals surface area contributed by atoms with Crippen molar-refractivity contribution in [2.45, 2.75) is 38.9 Å². The molecule has 2 aromatic rings. The molecule has 0 saturated carbocycles. The number of hydrogen-bond acceptors (Lipinski definition) is 5. The normalized spacial score (nSPS) is 18.2. The molecule has 132 valence electrons. The van der Waals surface area contributed by atoms with E-state index in [2.05, 4.69) is 10.5 Å². The zero-order chi connectivity index (χ0) is 18.2. The minimum Gasteiger partial charge on any atom is -0.399 e. The molecule has 0 unspecified atom stereocenters. The fourth-order valence-electron chi connectivity index (χ4n) is 2.26. The maximum Gasteiger partial charge on any atom is 0.496 e. The van der Waals surface area contributed by atoms with E-state index in [0.29, 0.717) is 16.9 Å². The minimum atomic E-state index is -0.555. The summed E-state index contributed by atoms with van der Waals surface area (Å²) in [6, 6.07) is 7.36. The molecule has 5 nitrogen and oxygen atoms in total. The van der Waals surface area contributed by atoms with Gasteiger partial charge in [-0.3, -0.25) is 0 Å². The predicted molar refractivity (Wildman–Crippen MR) is 95.6 cm³/mol. The molecular formula is C17H19BClFN2O3. The van der Waals surface area contributed by atoms with Gasteiger partial charge in [-0.2, -0.15) is 0 Å². The Morgan fingerprint density at radius 3 is 2.32 bits per heavy atom. The predicted octanol–water partition coefficient (Wildman–Crippen LogP) is 3.58. The third-order valence-corrected chi connectivity index (χ3v) is 4.78. The van der Waals surface area contributed by atoms with Gasteiger partial charge in [-0.25, -0.2) is 14.9 Å². The van der Waals surface area contributed by atoms with Gasteiger partial charge in [-0.15, -0.1) is 0 Å². The molecule has 1 N–H and O–H groups in total. The Morgan fingerprint density at radius 1 is 1.12 bits per heavy atom. The molecule has 1 aromatic carbocycles. The van der Waals surface area contributed by atoms with Crippen molar-refractivity contribution in [1.29, 1.82) is 0 Å². The Labute approximate surface area is 151 Å². The minimum absolute atomic E-state index is 0.238. The van der Waals surface area contributed by atoms with Gasteiger partial charge in [-0.05, 0) is 58.0 Å². The van der Waals surface area contributed by atoms with Gasteiger partial charge in [0.15, 0.2) is 10.9 Å². The molecule has 0 spiro atoms. The molecule has 8 heteroatoms. The number of rotatable bonds is 4. The van der Waals surface area contributed by atoms with Gasteiger partial charge in [0, 0.05) is 11.7 Å². The van der Waals surface area contributed by atoms with Crippen molar-refractivity contribution in [3.8, 4) is 5.75 Å². The number of nitrogens with zero attached hydrogens (tertiary/aromatic N) is 1. The number of anilines is 1. The van der Waals surface area contributed by atoms with Crippen LogP contribution in [0.5, 0.6) is 5.75 Å². The SMILES string of the molecule is CC1(C)OB(c2cnc(Cl)c(NOc3ccc(F)cc3)c2)OC1(C)C. The van der Waals surface area contributed by atoms with E-state index in [1.807, 2.05) is 27.7 Å². The molecule has 1 fully saturated rings. The lowest BCUT2D eigenvalue weighted by molar-refractivity contribution is 0.00578. The second-order valence-electron chi connectivity index (χ2n) is 6.85. The molecule has 0 radical (unpaired) electrons. The van der Waals surface area contributed by atoms with E-state index in [-0.39, 0.29) is 11.0 Å². The molecule has 1 aliphatic rings. The van der Waals surface area contributed by atoms with Crippen molar-refractivity contribution in [1.82, 2.24) is 4.98 Å². The highest BCUT2D eigenvalue weighted by Gasteiger charge is 2.51. The molecule has 3 rings (SSSR count). The van der Waals surface area contributed by atoms with Gasteiger partial charge in [-0.1, -0.05) is 11.6 Å². The van der Waals surface area contributed by atoms with Crippen LogP contribution in [0.4, 0.5) is 10.1 Å². The summed E-state index contributed by atoms with van der Waals surface area (Å²) >= 11 is 6.11. The summed E-state index contributed by atoms with van der Waals surface area (Å²) in [7, 11) is -0.555. The molecular weight excluding hydrogens is 345 g/mol. The number of halogens is 2. The highest BCUT2D eigenvalue weighted by Crippen LogP contribution is 2.36. The van der Waals surface area contributed by atoms with Crippen molar-refractivity contribution in [3.05, 3.63) is 47.5 Å². The van der Waals surface area contributed by atoms with Crippen molar-refractivity contribution in [3.63, 3.8) is 0 Å². The molecule has 0 atom stereocenters. The standard InChI is InChI=1S/C17H19BClFN2O3/c1-16(2)17(3,4)25-18(24-16)11-9-14(15(19)21-10-11)22-23-13-7-5-12(20)6-8-13/h5-10,22H,1-4H3. The van der Waals surface area contributed by atoms with Gasteiger partial charge in [0.05, 0.1) is 11.2 Å². The molecule has 0 bridgehead atoms.